The molecule has 172 valence electrons. The van der Waals surface area contributed by atoms with E-state index >= 15 is 0 Å². The van der Waals surface area contributed by atoms with Gasteiger partial charge in [0.25, 0.3) is 0 Å². The number of aromatic nitrogens is 1. The molecular weight excluding hydrogens is 538 g/mol. The number of thiophene rings is 1. The zero-order valence-corrected chi connectivity index (χ0v) is 23.4. The molecule has 0 spiro atoms. The molecule has 0 fully saturated rings. The van der Waals surface area contributed by atoms with E-state index in [1.54, 1.807) is 0 Å². The van der Waals surface area contributed by atoms with Crippen molar-refractivity contribution in [3.05, 3.63) is 100.0 Å². The average molecular weight is 561 g/mol. The van der Waals surface area contributed by atoms with Gasteiger partial charge in [0.2, 0.25) is 0 Å². The van der Waals surface area contributed by atoms with E-state index in [2.05, 4.69) is 130 Å². The highest BCUT2D eigenvalue weighted by Gasteiger charge is 2.25. The van der Waals surface area contributed by atoms with Crippen LogP contribution in [0.1, 0.15) is 0 Å². The summed E-state index contributed by atoms with van der Waals surface area (Å²) in [5.41, 5.74) is 7.74. The van der Waals surface area contributed by atoms with Crippen LogP contribution in [0.15, 0.2) is 89.4 Å². The van der Waals surface area contributed by atoms with E-state index in [0.29, 0.717) is 0 Å². The maximum atomic E-state index is 3.69. The summed E-state index contributed by atoms with van der Waals surface area (Å²) in [5, 5.41) is 12.2. The minimum absolute atomic E-state index is 1.13. The molecule has 8 rings (SSSR count). The molecule has 0 unspecified atom stereocenters. The number of hydrogen-bond donors (Lipinski definition) is 0. The van der Waals surface area contributed by atoms with Crippen molar-refractivity contribution in [1.29, 1.82) is 0 Å². The van der Waals surface area contributed by atoms with Crippen molar-refractivity contribution in [3.63, 3.8) is 0 Å². The number of nitrogens with zero attached hydrogens (tertiary/aromatic N) is 1. The van der Waals surface area contributed by atoms with Gasteiger partial charge in [-0.1, -0.05) is 89.0 Å². The number of halogens is 1. The van der Waals surface area contributed by atoms with E-state index in [1.165, 1.54) is 68.9 Å². The molecule has 0 radical (unpaired) electrons. The Morgan fingerprint density at radius 2 is 1.31 bits per heavy atom. The summed E-state index contributed by atoms with van der Waals surface area (Å²) >= 11 is 5.56. The number of hydrogen-bond acceptors (Lipinski definition) is 1. The number of rotatable bonds is 1. The fourth-order valence-electron chi connectivity index (χ4n) is 6.20. The predicted molar refractivity (Wildman–Crippen MR) is 165 cm³/mol. The fraction of sp³-hybridized carbons (Fsp3) is 0.0625. The van der Waals surface area contributed by atoms with Gasteiger partial charge in [-0.05, 0) is 52.6 Å². The summed E-state index contributed by atoms with van der Waals surface area (Å²) < 4.78 is 6.34. The maximum Gasteiger partial charge on any atom is 0.0988 e. The lowest BCUT2D eigenvalue weighted by molar-refractivity contribution is 1.08. The number of fused-ring (bicyclic) bond motifs is 11. The van der Waals surface area contributed by atoms with Crippen molar-refractivity contribution >= 4 is 99.4 Å². The molecule has 2 aromatic heterocycles. The topological polar surface area (TPSA) is 4.93 Å². The Morgan fingerprint density at radius 1 is 0.667 bits per heavy atom. The molecule has 0 saturated heterocycles. The second-order valence-corrected chi connectivity index (χ2v) is 16.7. The van der Waals surface area contributed by atoms with Crippen LogP contribution in [0.25, 0.3) is 69.7 Å². The lowest BCUT2D eigenvalue weighted by Crippen LogP contribution is -2.25. The third kappa shape index (κ3) is 2.81. The summed E-state index contributed by atoms with van der Waals surface area (Å²) in [6, 6.07) is 31.5. The Kier molecular flexibility index (Phi) is 4.19. The highest BCUT2D eigenvalue weighted by Crippen LogP contribution is 2.38. The van der Waals surface area contributed by atoms with Crippen LogP contribution in [0, 0.1) is 0 Å². The van der Waals surface area contributed by atoms with Crippen LogP contribution in [0.3, 0.4) is 0 Å². The fourth-order valence-corrected chi connectivity index (χ4v) is 9.73. The first kappa shape index (κ1) is 21.0. The van der Waals surface area contributed by atoms with E-state index in [-0.39, 0.29) is 0 Å². The third-order valence-corrected chi connectivity index (χ3v) is 11.3. The van der Waals surface area contributed by atoms with Gasteiger partial charge < -0.3 is 4.57 Å². The van der Waals surface area contributed by atoms with E-state index in [4.69, 9.17) is 0 Å². The first-order valence-electron chi connectivity index (χ1n) is 12.3. The Hall–Kier alpha value is -3.18. The van der Waals surface area contributed by atoms with E-state index in [1.807, 2.05) is 11.3 Å². The van der Waals surface area contributed by atoms with E-state index in [9.17, 15) is 0 Å². The molecule has 0 aliphatic carbocycles. The van der Waals surface area contributed by atoms with Crippen molar-refractivity contribution in [2.75, 3.05) is 0 Å². The van der Waals surface area contributed by atoms with Gasteiger partial charge in [0, 0.05) is 51.7 Å². The lowest BCUT2D eigenvalue weighted by Gasteiger charge is -2.14. The first-order chi connectivity index (χ1) is 17.5. The standard InChI is InChI=1S/C32H22BrNSSi/c1-36(2)17-27-28(18-36)34(20-12-14-30-26(16-20)25-15-19(33)11-13-29(25)35-30)32-24-10-6-4-8-22(24)21-7-3-5-9-23(21)31(27)32/h3-18H,1-2H3. The molecule has 5 aromatic carbocycles. The van der Waals surface area contributed by atoms with Gasteiger partial charge in [0.05, 0.1) is 13.6 Å². The highest BCUT2D eigenvalue weighted by molar-refractivity contribution is 9.10. The van der Waals surface area contributed by atoms with Crippen LogP contribution in [-0.2, 0) is 0 Å². The van der Waals surface area contributed by atoms with Crippen molar-refractivity contribution in [1.82, 2.24) is 4.57 Å². The van der Waals surface area contributed by atoms with Crippen LogP contribution in [-0.4, -0.2) is 12.6 Å². The van der Waals surface area contributed by atoms with Crippen molar-refractivity contribution in [2.45, 2.75) is 13.1 Å². The average Bonchev–Trinajstić information content (AvgIpc) is 3.49. The summed E-state index contributed by atoms with van der Waals surface area (Å²) in [5.74, 6) is 0. The van der Waals surface area contributed by atoms with Crippen LogP contribution in [0.2, 0.25) is 13.1 Å². The second-order valence-electron chi connectivity index (χ2n) is 10.5. The first-order valence-corrected chi connectivity index (χ1v) is 17.1. The molecule has 36 heavy (non-hydrogen) atoms. The van der Waals surface area contributed by atoms with Gasteiger partial charge in [0.1, 0.15) is 0 Å². The van der Waals surface area contributed by atoms with Crippen molar-refractivity contribution in [2.24, 2.45) is 0 Å². The summed E-state index contributed by atoms with van der Waals surface area (Å²) in [4.78, 5) is 0. The largest absolute Gasteiger partial charge is 0.309 e. The van der Waals surface area contributed by atoms with Crippen LogP contribution >= 0.6 is 27.3 Å². The summed E-state index contributed by atoms with van der Waals surface area (Å²) in [6.45, 7) is 4.89. The van der Waals surface area contributed by atoms with E-state index < -0.39 is 8.07 Å². The second kappa shape index (κ2) is 7.19. The Balaban J connectivity index is 1.61. The molecular formula is C32H22BrNSSi. The minimum Gasteiger partial charge on any atom is -0.309 e. The molecule has 1 nitrogen and oxygen atoms in total. The van der Waals surface area contributed by atoms with Crippen molar-refractivity contribution < 1.29 is 0 Å². The van der Waals surface area contributed by atoms with Crippen LogP contribution in [0.5, 0.6) is 0 Å². The minimum atomic E-state index is -1.60. The molecule has 4 heteroatoms. The van der Waals surface area contributed by atoms with Gasteiger partial charge in [0.15, 0.2) is 0 Å². The maximum absolute atomic E-state index is 3.69. The molecule has 1 aliphatic heterocycles. The smallest absolute Gasteiger partial charge is 0.0988 e. The molecule has 7 aromatic rings. The lowest BCUT2D eigenvalue weighted by atomic mass is 9.97. The van der Waals surface area contributed by atoms with Crippen LogP contribution < -0.4 is 10.6 Å². The predicted octanol–water partition coefficient (Wildman–Crippen LogP) is 8.43. The van der Waals surface area contributed by atoms with Gasteiger partial charge in [-0.2, -0.15) is 0 Å². The molecule has 0 N–H and O–H groups in total. The van der Waals surface area contributed by atoms with Gasteiger partial charge >= 0.3 is 0 Å². The summed E-state index contributed by atoms with van der Waals surface area (Å²) in [7, 11) is -1.60. The van der Waals surface area contributed by atoms with Gasteiger partial charge in [-0.25, -0.2) is 0 Å². The van der Waals surface area contributed by atoms with Crippen LogP contribution in [0.4, 0.5) is 0 Å². The highest BCUT2D eigenvalue weighted by atomic mass is 79.9. The molecule has 1 aliphatic rings. The molecule has 0 atom stereocenters. The van der Waals surface area contributed by atoms with E-state index in [0.717, 1.165) is 4.47 Å². The third-order valence-electron chi connectivity index (χ3n) is 7.61. The monoisotopic (exact) mass is 559 g/mol. The quantitative estimate of drug-likeness (QED) is 0.140. The molecule has 0 saturated carbocycles. The normalized spacial score (nSPS) is 14.6. The molecule has 0 bridgehead atoms. The SMILES string of the molecule is C[Si]1(C)C=c2c(n(-c3ccc4sc5ccc(Br)cc5c4c3)c3c4ccccc4c4ccccc4c23)=C1. The zero-order valence-electron chi connectivity index (χ0n) is 20.0. The van der Waals surface area contributed by atoms with Crippen molar-refractivity contribution in [3.8, 4) is 5.69 Å². The summed E-state index contributed by atoms with van der Waals surface area (Å²) in [6.07, 6.45) is 0. The van der Waals surface area contributed by atoms with Gasteiger partial charge in [-0.3, -0.25) is 0 Å². The number of benzene rings is 5. The zero-order chi connectivity index (χ0) is 24.2. The Bertz CT molecular complexity index is 2200. The van der Waals surface area contributed by atoms with Gasteiger partial charge in [-0.15, -0.1) is 11.3 Å². The Morgan fingerprint density at radius 3 is 2.08 bits per heavy atom. The molecule has 0 amide bonds. The Labute approximate surface area is 221 Å². The molecule has 3 heterocycles.